The highest BCUT2D eigenvalue weighted by Gasteiger charge is 2.19. The lowest BCUT2D eigenvalue weighted by atomic mass is 9.88. The summed E-state index contributed by atoms with van der Waals surface area (Å²) in [6.07, 6.45) is 4.70. The van der Waals surface area contributed by atoms with Crippen LogP contribution in [0.15, 0.2) is 18.2 Å². The Morgan fingerprint density at radius 2 is 2.33 bits per heavy atom. The topological polar surface area (TPSA) is 12.0 Å². The van der Waals surface area contributed by atoms with E-state index in [0.29, 0.717) is 6.04 Å². The fraction of sp³-hybridized carbons (Fsp3) is 0.538. The molecule has 1 atom stereocenters. The third kappa shape index (κ3) is 2.53. The van der Waals surface area contributed by atoms with Gasteiger partial charge in [0, 0.05) is 11.1 Å². The summed E-state index contributed by atoms with van der Waals surface area (Å²) in [5, 5.41) is 4.52. The van der Waals surface area contributed by atoms with Crippen LogP contribution in [-0.4, -0.2) is 12.6 Å². The van der Waals surface area contributed by atoms with Crippen molar-refractivity contribution in [3.05, 3.63) is 34.3 Å². The van der Waals surface area contributed by atoms with E-state index in [0.717, 1.165) is 24.4 Å². The van der Waals surface area contributed by atoms with Crippen LogP contribution in [0, 0.1) is 0 Å². The molecule has 0 aromatic heterocycles. The molecule has 1 aliphatic carbocycles. The van der Waals surface area contributed by atoms with Gasteiger partial charge in [0.2, 0.25) is 0 Å². The van der Waals surface area contributed by atoms with Gasteiger partial charge in [-0.15, -0.1) is 0 Å². The van der Waals surface area contributed by atoms with E-state index in [2.05, 4.69) is 24.4 Å². The lowest BCUT2D eigenvalue weighted by molar-refractivity contribution is 0.459. The average Bonchev–Trinajstić information content (AvgIpc) is 2.27. The molecule has 0 aliphatic heterocycles. The molecule has 1 N–H and O–H groups in total. The lowest BCUT2D eigenvalue weighted by Crippen LogP contribution is -2.35. The SMILES string of the molecule is CCCNC1CCc2cccc(Cl)c2C1. The quantitative estimate of drug-likeness (QED) is 0.830. The molecule has 0 saturated carbocycles. The summed E-state index contributed by atoms with van der Waals surface area (Å²) in [6, 6.07) is 6.89. The standard InChI is InChI=1S/C13H18ClN/c1-2-8-15-11-7-6-10-4-3-5-13(14)12(10)9-11/h3-5,11,15H,2,6-9H2,1H3. The first kappa shape index (κ1) is 11.0. The van der Waals surface area contributed by atoms with Crippen molar-refractivity contribution >= 4 is 11.6 Å². The molecule has 15 heavy (non-hydrogen) atoms. The second kappa shape index (κ2) is 5.00. The van der Waals surface area contributed by atoms with Gasteiger partial charge in [-0.05, 0) is 49.4 Å². The van der Waals surface area contributed by atoms with Crippen LogP contribution < -0.4 is 5.32 Å². The molecule has 1 aromatic rings. The zero-order chi connectivity index (χ0) is 10.7. The van der Waals surface area contributed by atoms with Crippen LogP contribution in [0.5, 0.6) is 0 Å². The van der Waals surface area contributed by atoms with Gasteiger partial charge < -0.3 is 5.32 Å². The Bertz CT molecular complexity index is 335. The number of fused-ring (bicyclic) bond motifs is 1. The van der Waals surface area contributed by atoms with E-state index in [1.54, 1.807) is 0 Å². The van der Waals surface area contributed by atoms with Gasteiger partial charge in [0.1, 0.15) is 0 Å². The first-order valence-electron chi connectivity index (χ1n) is 5.81. The Morgan fingerprint density at radius 1 is 1.47 bits per heavy atom. The number of rotatable bonds is 3. The molecule has 2 rings (SSSR count). The van der Waals surface area contributed by atoms with Gasteiger partial charge in [-0.25, -0.2) is 0 Å². The summed E-state index contributed by atoms with van der Waals surface area (Å²) in [7, 11) is 0. The maximum atomic E-state index is 6.21. The maximum Gasteiger partial charge on any atom is 0.0441 e. The fourth-order valence-electron chi connectivity index (χ4n) is 2.27. The Morgan fingerprint density at radius 3 is 3.13 bits per heavy atom. The van der Waals surface area contributed by atoms with Crippen molar-refractivity contribution in [3.8, 4) is 0 Å². The van der Waals surface area contributed by atoms with E-state index in [4.69, 9.17) is 11.6 Å². The Kier molecular flexibility index (Phi) is 3.66. The minimum Gasteiger partial charge on any atom is -0.314 e. The minimum absolute atomic E-state index is 0.623. The van der Waals surface area contributed by atoms with Crippen molar-refractivity contribution < 1.29 is 0 Å². The molecule has 82 valence electrons. The lowest BCUT2D eigenvalue weighted by Gasteiger charge is -2.26. The predicted octanol–water partition coefficient (Wildman–Crippen LogP) is 3.20. The number of benzene rings is 1. The smallest absolute Gasteiger partial charge is 0.0441 e. The average molecular weight is 224 g/mol. The highest BCUT2D eigenvalue weighted by Crippen LogP contribution is 2.27. The molecule has 1 aliphatic rings. The summed E-state index contributed by atoms with van der Waals surface area (Å²) in [5.41, 5.74) is 2.80. The Hall–Kier alpha value is -0.530. The Balaban J connectivity index is 2.08. The molecule has 0 bridgehead atoms. The van der Waals surface area contributed by atoms with Crippen molar-refractivity contribution in [2.45, 2.75) is 38.6 Å². The van der Waals surface area contributed by atoms with E-state index >= 15 is 0 Å². The van der Waals surface area contributed by atoms with Crippen molar-refractivity contribution in [1.29, 1.82) is 0 Å². The number of hydrogen-bond donors (Lipinski definition) is 1. The molecule has 0 saturated heterocycles. The Labute approximate surface area is 96.8 Å². The molecule has 0 heterocycles. The molecule has 2 heteroatoms. The first-order chi connectivity index (χ1) is 7.31. The van der Waals surface area contributed by atoms with E-state index in [1.807, 2.05) is 6.07 Å². The van der Waals surface area contributed by atoms with Crippen molar-refractivity contribution in [1.82, 2.24) is 5.32 Å². The second-order valence-corrected chi connectivity index (χ2v) is 4.68. The molecule has 0 spiro atoms. The van der Waals surface area contributed by atoms with Crippen LogP contribution in [0.3, 0.4) is 0 Å². The number of aryl methyl sites for hydroxylation is 1. The van der Waals surface area contributed by atoms with Crippen LogP contribution in [-0.2, 0) is 12.8 Å². The third-order valence-electron chi connectivity index (χ3n) is 3.11. The van der Waals surface area contributed by atoms with Gasteiger partial charge in [-0.2, -0.15) is 0 Å². The maximum absolute atomic E-state index is 6.21. The monoisotopic (exact) mass is 223 g/mol. The zero-order valence-corrected chi connectivity index (χ0v) is 9.98. The molecule has 1 unspecified atom stereocenters. The van der Waals surface area contributed by atoms with Crippen molar-refractivity contribution in [2.24, 2.45) is 0 Å². The van der Waals surface area contributed by atoms with Gasteiger partial charge >= 0.3 is 0 Å². The molecule has 1 nitrogen and oxygen atoms in total. The molecular formula is C13H18ClN. The summed E-state index contributed by atoms with van der Waals surface area (Å²) in [5.74, 6) is 0. The van der Waals surface area contributed by atoms with Gasteiger partial charge in [-0.3, -0.25) is 0 Å². The molecule has 0 amide bonds. The van der Waals surface area contributed by atoms with Crippen LogP contribution >= 0.6 is 11.6 Å². The minimum atomic E-state index is 0.623. The van der Waals surface area contributed by atoms with E-state index in [-0.39, 0.29) is 0 Å². The number of halogens is 1. The molecule has 0 fully saturated rings. The second-order valence-electron chi connectivity index (χ2n) is 4.27. The third-order valence-corrected chi connectivity index (χ3v) is 3.47. The predicted molar refractivity (Wildman–Crippen MR) is 65.6 cm³/mol. The zero-order valence-electron chi connectivity index (χ0n) is 9.22. The van der Waals surface area contributed by atoms with Gasteiger partial charge in [-0.1, -0.05) is 30.7 Å². The number of nitrogens with one attached hydrogen (secondary N) is 1. The summed E-state index contributed by atoms with van der Waals surface area (Å²) >= 11 is 6.21. The van der Waals surface area contributed by atoms with Crippen molar-refractivity contribution in [2.75, 3.05) is 6.54 Å². The number of hydrogen-bond acceptors (Lipinski definition) is 1. The highest BCUT2D eigenvalue weighted by atomic mass is 35.5. The molecule has 1 aromatic carbocycles. The van der Waals surface area contributed by atoms with Gasteiger partial charge in [0.05, 0.1) is 0 Å². The highest BCUT2D eigenvalue weighted by molar-refractivity contribution is 6.31. The van der Waals surface area contributed by atoms with E-state index in [1.165, 1.54) is 24.0 Å². The van der Waals surface area contributed by atoms with Gasteiger partial charge in [0.15, 0.2) is 0 Å². The van der Waals surface area contributed by atoms with Crippen LogP contribution in [0.25, 0.3) is 0 Å². The van der Waals surface area contributed by atoms with Crippen LogP contribution in [0.1, 0.15) is 30.9 Å². The van der Waals surface area contributed by atoms with Crippen molar-refractivity contribution in [3.63, 3.8) is 0 Å². The molecular weight excluding hydrogens is 206 g/mol. The first-order valence-corrected chi connectivity index (χ1v) is 6.18. The fourth-order valence-corrected chi connectivity index (χ4v) is 2.54. The summed E-state index contributed by atoms with van der Waals surface area (Å²) in [4.78, 5) is 0. The van der Waals surface area contributed by atoms with E-state index < -0.39 is 0 Å². The van der Waals surface area contributed by atoms with Gasteiger partial charge in [0.25, 0.3) is 0 Å². The van der Waals surface area contributed by atoms with Crippen LogP contribution in [0.4, 0.5) is 0 Å². The normalized spacial score (nSPS) is 20.0. The summed E-state index contributed by atoms with van der Waals surface area (Å²) < 4.78 is 0. The summed E-state index contributed by atoms with van der Waals surface area (Å²) in [6.45, 7) is 3.32. The molecule has 0 radical (unpaired) electrons. The largest absolute Gasteiger partial charge is 0.314 e. The van der Waals surface area contributed by atoms with Crippen LogP contribution in [0.2, 0.25) is 5.02 Å². The van der Waals surface area contributed by atoms with E-state index in [9.17, 15) is 0 Å².